The van der Waals surface area contributed by atoms with Crippen LogP contribution >= 0.6 is 0 Å². The zero-order valence-electron chi connectivity index (χ0n) is 9.23. The third-order valence-electron chi connectivity index (χ3n) is 2.31. The molecule has 0 aliphatic rings. The predicted molar refractivity (Wildman–Crippen MR) is 57.8 cm³/mol. The largest absolute Gasteiger partial charge is 0.433 e. The number of rotatable bonds is 5. The van der Waals surface area contributed by atoms with E-state index in [1.165, 1.54) is 12.3 Å². The molecule has 1 aromatic rings. The average molecular weight is 231 g/mol. The van der Waals surface area contributed by atoms with Crippen LogP contribution in [0, 0.1) is 0 Å². The fourth-order valence-corrected chi connectivity index (χ4v) is 1.14. The molecule has 0 saturated carbocycles. The number of hydrogen-bond donors (Lipinski definition) is 1. The van der Waals surface area contributed by atoms with Crippen LogP contribution in [0.2, 0.25) is 0 Å². The summed E-state index contributed by atoms with van der Waals surface area (Å²) in [6.07, 6.45) is 1.27. The van der Waals surface area contributed by atoms with Crippen LogP contribution in [0.15, 0.2) is 18.3 Å². The van der Waals surface area contributed by atoms with E-state index >= 15 is 0 Å². The lowest BCUT2D eigenvalue weighted by Gasteiger charge is -2.24. The van der Waals surface area contributed by atoms with Crippen molar-refractivity contribution in [2.24, 2.45) is 5.73 Å². The normalized spacial score (nSPS) is 12.6. The first-order valence-corrected chi connectivity index (χ1v) is 4.88. The molecule has 16 heavy (non-hydrogen) atoms. The Morgan fingerprint density at radius 2 is 2.19 bits per heavy atom. The molecule has 0 radical (unpaired) electrons. The van der Waals surface area contributed by atoms with Gasteiger partial charge in [-0.15, -0.1) is 0 Å². The van der Waals surface area contributed by atoms with Crippen molar-refractivity contribution in [3.05, 3.63) is 18.3 Å². The quantitative estimate of drug-likeness (QED) is 0.833. The third-order valence-corrected chi connectivity index (χ3v) is 2.31. The van der Waals surface area contributed by atoms with E-state index in [4.69, 9.17) is 5.73 Å². The van der Waals surface area contributed by atoms with Crippen molar-refractivity contribution in [3.8, 4) is 5.75 Å². The van der Waals surface area contributed by atoms with Crippen LogP contribution in [0.1, 0.15) is 6.92 Å². The molecular formula is C10H15F2N3O. The van der Waals surface area contributed by atoms with Crippen molar-refractivity contribution >= 4 is 5.82 Å². The number of nitrogens with zero attached hydrogens (tertiary/aromatic N) is 2. The van der Waals surface area contributed by atoms with Crippen LogP contribution in [0.3, 0.4) is 0 Å². The van der Waals surface area contributed by atoms with Crippen LogP contribution in [0.5, 0.6) is 5.75 Å². The summed E-state index contributed by atoms with van der Waals surface area (Å²) in [5, 5.41) is 0. The highest BCUT2D eigenvalue weighted by atomic mass is 19.3. The molecule has 2 N–H and O–H groups in total. The Balaban J connectivity index is 2.70. The fraction of sp³-hybridized carbons (Fsp3) is 0.500. The fourth-order valence-electron chi connectivity index (χ4n) is 1.14. The van der Waals surface area contributed by atoms with E-state index in [9.17, 15) is 8.78 Å². The van der Waals surface area contributed by atoms with Crippen molar-refractivity contribution in [3.63, 3.8) is 0 Å². The zero-order chi connectivity index (χ0) is 12.1. The van der Waals surface area contributed by atoms with Gasteiger partial charge in [-0.1, -0.05) is 0 Å². The Morgan fingerprint density at radius 3 is 2.62 bits per heavy atom. The van der Waals surface area contributed by atoms with Crippen molar-refractivity contribution in [2.45, 2.75) is 19.6 Å². The molecule has 6 heteroatoms. The number of halogens is 2. The molecule has 1 rings (SSSR count). The van der Waals surface area contributed by atoms with E-state index in [0.717, 1.165) is 0 Å². The van der Waals surface area contributed by atoms with Crippen LogP contribution in [-0.4, -0.2) is 31.2 Å². The number of nitrogens with two attached hydrogens (primary N) is 1. The topological polar surface area (TPSA) is 51.4 Å². The summed E-state index contributed by atoms with van der Waals surface area (Å²) in [7, 11) is 1.84. The third kappa shape index (κ3) is 3.30. The Morgan fingerprint density at radius 1 is 1.50 bits per heavy atom. The first-order chi connectivity index (χ1) is 7.54. The van der Waals surface area contributed by atoms with Gasteiger partial charge in [0.15, 0.2) is 0 Å². The number of anilines is 1. The standard InChI is InChI=1S/C10H15F2N3O/c1-7(5-13)15(2)9-4-3-8(6-14-9)16-10(11)12/h3-4,6-7,10H,5,13H2,1-2H3. The molecule has 90 valence electrons. The highest BCUT2D eigenvalue weighted by molar-refractivity contribution is 5.40. The summed E-state index contributed by atoms with van der Waals surface area (Å²) in [5.74, 6) is 0.715. The van der Waals surface area contributed by atoms with E-state index in [1.807, 2.05) is 18.9 Å². The molecule has 0 spiro atoms. The summed E-state index contributed by atoms with van der Waals surface area (Å²) < 4.78 is 28.0. The molecule has 1 unspecified atom stereocenters. The average Bonchev–Trinajstić information content (AvgIpc) is 2.27. The molecule has 0 saturated heterocycles. The Labute approximate surface area is 93.0 Å². The minimum absolute atomic E-state index is 0.0487. The molecule has 1 aromatic heterocycles. The van der Waals surface area contributed by atoms with Gasteiger partial charge in [0.2, 0.25) is 0 Å². The van der Waals surface area contributed by atoms with Gasteiger partial charge in [-0.05, 0) is 19.1 Å². The van der Waals surface area contributed by atoms with Gasteiger partial charge in [0.25, 0.3) is 0 Å². The van der Waals surface area contributed by atoms with E-state index in [2.05, 4.69) is 9.72 Å². The van der Waals surface area contributed by atoms with Gasteiger partial charge in [-0.25, -0.2) is 4.98 Å². The number of aromatic nitrogens is 1. The highest BCUT2D eigenvalue weighted by Crippen LogP contribution is 2.17. The summed E-state index contributed by atoms with van der Waals surface area (Å²) in [6, 6.07) is 3.20. The van der Waals surface area contributed by atoms with Crippen LogP contribution < -0.4 is 15.4 Å². The van der Waals surface area contributed by atoms with Gasteiger partial charge in [-0.3, -0.25) is 0 Å². The SMILES string of the molecule is CC(CN)N(C)c1ccc(OC(F)F)cn1. The molecule has 0 aromatic carbocycles. The summed E-state index contributed by atoms with van der Waals surface area (Å²) in [4.78, 5) is 5.88. The molecule has 0 bridgehead atoms. The molecule has 0 aliphatic carbocycles. The van der Waals surface area contributed by atoms with Crippen molar-refractivity contribution < 1.29 is 13.5 Å². The Hall–Kier alpha value is -1.43. The number of likely N-dealkylation sites (N-methyl/N-ethyl adjacent to an activating group) is 1. The smallest absolute Gasteiger partial charge is 0.387 e. The van der Waals surface area contributed by atoms with Gasteiger partial charge >= 0.3 is 6.61 Å². The van der Waals surface area contributed by atoms with E-state index in [1.54, 1.807) is 6.07 Å². The molecular weight excluding hydrogens is 216 g/mol. The van der Waals surface area contributed by atoms with Gasteiger partial charge in [0, 0.05) is 19.6 Å². The Kier molecular flexibility index (Phi) is 4.42. The monoisotopic (exact) mass is 231 g/mol. The maximum absolute atomic E-state index is 11.9. The molecule has 0 amide bonds. The van der Waals surface area contributed by atoms with E-state index in [0.29, 0.717) is 12.4 Å². The minimum Gasteiger partial charge on any atom is -0.433 e. The highest BCUT2D eigenvalue weighted by Gasteiger charge is 2.10. The summed E-state index contributed by atoms with van der Waals surface area (Å²) in [6.45, 7) is -0.382. The number of hydrogen-bond acceptors (Lipinski definition) is 4. The van der Waals surface area contributed by atoms with Gasteiger partial charge in [0.05, 0.1) is 6.20 Å². The maximum atomic E-state index is 11.9. The van der Waals surface area contributed by atoms with Crippen molar-refractivity contribution in [2.75, 3.05) is 18.5 Å². The van der Waals surface area contributed by atoms with E-state index in [-0.39, 0.29) is 11.8 Å². The van der Waals surface area contributed by atoms with Gasteiger partial charge in [-0.2, -0.15) is 8.78 Å². The van der Waals surface area contributed by atoms with Gasteiger partial charge < -0.3 is 15.4 Å². The first kappa shape index (κ1) is 12.6. The molecule has 0 aliphatic heterocycles. The van der Waals surface area contributed by atoms with Crippen LogP contribution in [0.25, 0.3) is 0 Å². The Bertz CT molecular complexity index is 318. The second-order valence-electron chi connectivity index (χ2n) is 3.43. The lowest BCUT2D eigenvalue weighted by molar-refractivity contribution is -0.0500. The molecule has 4 nitrogen and oxygen atoms in total. The summed E-state index contributed by atoms with van der Waals surface area (Å²) in [5.41, 5.74) is 5.51. The number of pyridine rings is 1. The molecule has 1 heterocycles. The minimum atomic E-state index is -2.83. The second kappa shape index (κ2) is 5.60. The van der Waals surface area contributed by atoms with Gasteiger partial charge in [0.1, 0.15) is 11.6 Å². The number of ether oxygens (including phenoxy) is 1. The number of alkyl halides is 2. The lowest BCUT2D eigenvalue weighted by atomic mass is 10.3. The predicted octanol–water partition coefficient (Wildman–Crippen LogP) is 1.47. The van der Waals surface area contributed by atoms with Crippen LogP contribution in [0.4, 0.5) is 14.6 Å². The molecule has 0 fully saturated rings. The van der Waals surface area contributed by atoms with Crippen molar-refractivity contribution in [1.29, 1.82) is 0 Å². The first-order valence-electron chi connectivity index (χ1n) is 4.88. The second-order valence-corrected chi connectivity index (χ2v) is 3.43. The van der Waals surface area contributed by atoms with E-state index < -0.39 is 6.61 Å². The maximum Gasteiger partial charge on any atom is 0.387 e. The van der Waals surface area contributed by atoms with Crippen LogP contribution in [-0.2, 0) is 0 Å². The lowest BCUT2D eigenvalue weighted by Crippen LogP contribution is -2.35. The molecule has 1 atom stereocenters. The van der Waals surface area contributed by atoms with Crippen molar-refractivity contribution in [1.82, 2.24) is 4.98 Å². The summed E-state index contributed by atoms with van der Waals surface area (Å²) >= 11 is 0. The zero-order valence-corrected chi connectivity index (χ0v) is 9.23.